The molecule has 0 spiro atoms. The molecular formula is C19H24N6O. The fourth-order valence-electron chi connectivity index (χ4n) is 3.56. The average Bonchev–Trinajstić information content (AvgIpc) is 3.08. The van der Waals surface area contributed by atoms with Gasteiger partial charge in [0.15, 0.2) is 11.6 Å². The van der Waals surface area contributed by atoms with Gasteiger partial charge in [-0.2, -0.15) is 4.98 Å². The van der Waals surface area contributed by atoms with E-state index in [-0.39, 0.29) is 0 Å². The van der Waals surface area contributed by atoms with Gasteiger partial charge in [0.2, 0.25) is 5.95 Å². The molecule has 2 aromatic rings. The number of piperazine rings is 1. The number of ether oxygens (including phenoxy) is 1. The molecule has 1 aromatic carbocycles. The van der Waals surface area contributed by atoms with Crippen LogP contribution >= 0.6 is 0 Å². The largest absolute Gasteiger partial charge is 0.491 e. The van der Waals surface area contributed by atoms with Crippen molar-refractivity contribution in [3.63, 3.8) is 0 Å². The zero-order valence-electron chi connectivity index (χ0n) is 15.4. The van der Waals surface area contributed by atoms with Crippen molar-refractivity contribution in [2.75, 3.05) is 30.4 Å². The van der Waals surface area contributed by atoms with E-state index in [2.05, 4.69) is 51.5 Å². The lowest BCUT2D eigenvalue weighted by Gasteiger charge is -2.36. The van der Waals surface area contributed by atoms with Gasteiger partial charge in [0.05, 0.1) is 19.9 Å². The molecule has 2 N–H and O–H groups in total. The highest BCUT2D eigenvalue weighted by molar-refractivity contribution is 5.86. The molecule has 7 heteroatoms. The van der Waals surface area contributed by atoms with Crippen LogP contribution in [0.4, 0.5) is 17.5 Å². The number of aromatic nitrogens is 2. The van der Waals surface area contributed by atoms with Crippen LogP contribution in [-0.4, -0.2) is 48.5 Å². The molecule has 1 aromatic heterocycles. The van der Waals surface area contributed by atoms with Crippen molar-refractivity contribution in [1.82, 2.24) is 15.3 Å². The number of rotatable bonds is 4. The van der Waals surface area contributed by atoms with Crippen LogP contribution in [0.5, 0.6) is 5.75 Å². The van der Waals surface area contributed by atoms with E-state index < -0.39 is 0 Å². The molecule has 26 heavy (non-hydrogen) atoms. The number of aliphatic imine (C=N–C) groups is 1. The first-order valence-electron chi connectivity index (χ1n) is 8.94. The fraction of sp³-hybridized carbons (Fsp3) is 0.421. The summed E-state index contributed by atoms with van der Waals surface area (Å²) in [6, 6.07) is 7.03. The lowest BCUT2D eigenvalue weighted by Crippen LogP contribution is -2.54. The minimum Gasteiger partial charge on any atom is -0.491 e. The van der Waals surface area contributed by atoms with Crippen LogP contribution < -0.4 is 20.3 Å². The van der Waals surface area contributed by atoms with E-state index in [0.717, 1.165) is 36.8 Å². The zero-order chi connectivity index (χ0) is 18.1. The van der Waals surface area contributed by atoms with Crippen molar-refractivity contribution in [3.8, 4) is 5.75 Å². The number of hydrogen-bond donors (Lipinski definition) is 2. The number of fused-ring (bicyclic) bond motifs is 1. The van der Waals surface area contributed by atoms with E-state index in [4.69, 9.17) is 9.72 Å². The molecule has 0 aliphatic carbocycles. The predicted octanol–water partition coefficient (Wildman–Crippen LogP) is 2.35. The first kappa shape index (κ1) is 16.8. The van der Waals surface area contributed by atoms with E-state index in [1.54, 1.807) is 13.3 Å². The highest BCUT2D eigenvalue weighted by atomic mass is 16.5. The van der Waals surface area contributed by atoms with Crippen LogP contribution in [0.3, 0.4) is 0 Å². The monoisotopic (exact) mass is 352 g/mol. The minimum absolute atomic E-state index is 0.400. The third-order valence-electron chi connectivity index (χ3n) is 4.70. The Labute approximate surface area is 153 Å². The molecule has 0 radical (unpaired) electrons. The van der Waals surface area contributed by atoms with E-state index >= 15 is 0 Å². The Kier molecular flexibility index (Phi) is 4.46. The van der Waals surface area contributed by atoms with Crippen LogP contribution in [0, 0.1) is 0 Å². The maximum Gasteiger partial charge on any atom is 0.227 e. The topological polar surface area (TPSA) is 74.7 Å². The summed E-state index contributed by atoms with van der Waals surface area (Å²) in [6.07, 6.45) is 3.64. The summed E-state index contributed by atoms with van der Waals surface area (Å²) < 4.78 is 5.45. The van der Waals surface area contributed by atoms with E-state index in [1.165, 1.54) is 5.56 Å². The van der Waals surface area contributed by atoms with Gasteiger partial charge in [0.1, 0.15) is 0 Å². The maximum absolute atomic E-state index is 5.45. The SMILES string of the molecule is COc1cnc(N2CC(C)NC(C)C2)nc1Nc1ccc2c(c1)C=NC2. The average molecular weight is 352 g/mol. The van der Waals surface area contributed by atoms with Crippen molar-refractivity contribution < 1.29 is 4.74 Å². The second-order valence-corrected chi connectivity index (χ2v) is 6.97. The van der Waals surface area contributed by atoms with Gasteiger partial charge in [-0.05, 0) is 37.1 Å². The van der Waals surface area contributed by atoms with Crippen LogP contribution in [0.1, 0.15) is 25.0 Å². The normalized spacial score (nSPS) is 21.6. The third kappa shape index (κ3) is 3.35. The van der Waals surface area contributed by atoms with Crippen molar-refractivity contribution in [1.29, 1.82) is 0 Å². The highest BCUT2D eigenvalue weighted by Crippen LogP contribution is 2.29. The number of methoxy groups -OCH3 is 1. The van der Waals surface area contributed by atoms with Crippen molar-refractivity contribution in [2.45, 2.75) is 32.5 Å². The minimum atomic E-state index is 0.400. The molecule has 0 bridgehead atoms. The summed E-state index contributed by atoms with van der Waals surface area (Å²) in [5.74, 6) is 2.02. The Morgan fingerprint density at radius 2 is 2.04 bits per heavy atom. The fourth-order valence-corrected chi connectivity index (χ4v) is 3.56. The van der Waals surface area contributed by atoms with E-state index in [0.29, 0.717) is 23.7 Å². The Balaban J connectivity index is 1.61. The molecule has 2 unspecified atom stereocenters. The van der Waals surface area contributed by atoms with Crippen molar-refractivity contribution >= 4 is 23.7 Å². The van der Waals surface area contributed by atoms with Crippen LogP contribution in [0.2, 0.25) is 0 Å². The summed E-state index contributed by atoms with van der Waals surface area (Å²) in [4.78, 5) is 15.8. The van der Waals surface area contributed by atoms with Gasteiger partial charge < -0.3 is 20.3 Å². The Morgan fingerprint density at radius 1 is 1.23 bits per heavy atom. The molecule has 2 atom stereocenters. The van der Waals surface area contributed by atoms with Gasteiger partial charge in [0.25, 0.3) is 0 Å². The number of nitrogens with zero attached hydrogens (tertiary/aromatic N) is 4. The van der Waals surface area contributed by atoms with Gasteiger partial charge >= 0.3 is 0 Å². The molecule has 0 saturated carbocycles. The molecule has 4 rings (SSSR count). The summed E-state index contributed by atoms with van der Waals surface area (Å²) in [5, 5.41) is 6.90. The predicted molar refractivity (Wildman–Crippen MR) is 104 cm³/mol. The molecule has 7 nitrogen and oxygen atoms in total. The van der Waals surface area contributed by atoms with Crippen molar-refractivity contribution in [2.24, 2.45) is 4.99 Å². The molecule has 1 fully saturated rings. The van der Waals surface area contributed by atoms with Gasteiger partial charge in [-0.25, -0.2) is 4.98 Å². The first-order chi connectivity index (χ1) is 12.6. The van der Waals surface area contributed by atoms with Crippen LogP contribution in [-0.2, 0) is 6.54 Å². The number of hydrogen-bond acceptors (Lipinski definition) is 7. The first-order valence-corrected chi connectivity index (χ1v) is 8.94. The summed E-state index contributed by atoms with van der Waals surface area (Å²) in [5.41, 5.74) is 3.35. The quantitative estimate of drug-likeness (QED) is 0.880. The van der Waals surface area contributed by atoms with Gasteiger partial charge in [-0.1, -0.05) is 6.07 Å². The lowest BCUT2D eigenvalue weighted by atomic mass is 10.1. The standard InChI is InChI=1S/C19H24N6O/c1-12-10-25(11-13(2)22-12)19-21-9-17(26-3)18(24-19)23-16-5-4-14-7-20-8-15(14)6-16/h4-6,8-9,12-13,22H,7,10-11H2,1-3H3,(H,21,23,24). The molecule has 2 aliphatic rings. The Bertz CT molecular complexity index is 827. The van der Waals surface area contributed by atoms with Gasteiger partial charge in [-0.3, -0.25) is 4.99 Å². The molecule has 0 amide bonds. The maximum atomic E-state index is 5.45. The second kappa shape index (κ2) is 6.92. The summed E-state index contributed by atoms with van der Waals surface area (Å²) in [6.45, 7) is 6.88. The lowest BCUT2D eigenvalue weighted by molar-refractivity contribution is 0.400. The van der Waals surface area contributed by atoms with Crippen molar-refractivity contribution in [3.05, 3.63) is 35.5 Å². The molecule has 136 valence electrons. The summed E-state index contributed by atoms with van der Waals surface area (Å²) in [7, 11) is 1.63. The number of anilines is 3. The molecular weight excluding hydrogens is 328 g/mol. The van der Waals surface area contributed by atoms with Crippen LogP contribution in [0.25, 0.3) is 0 Å². The van der Waals surface area contributed by atoms with Gasteiger partial charge in [-0.15, -0.1) is 0 Å². The second-order valence-electron chi connectivity index (χ2n) is 6.97. The molecule has 1 saturated heterocycles. The van der Waals surface area contributed by atoms with Crippen LogP contribution in [0.15, 0.2) is 29.4 Å². The smallest absolute Gasteiger partial charge is 0.227 e. The molecule has 2 aliphatic heterocycles. The molecule has 3 heterocycles. The zero-order valence-corrected chi connectivity index (χ0v) is 15.4. The number of nitrogens with one attached hydrogen (secondary N) is 2. The van der Waals surface area contributed by atoms with E-state index in [9.17, 15) is 0 Å². The third-order valence-corrected chi connectivity index (χ3v) is 4.70. The van der Waals surface area contributed by atoms with Gasteiger partial charge in [0, 0.05) is 37.1 Å². The summed E-state index contributed by atoms with van der Waals surface area (Å²) >= 11 is 0. The Morgan fingerprint density at radius 3 is 2.81 bits per heavy atom. The Hall–Kier alpha value is -2.67. The van der Waals surface area contributed by atoms with E-state index in [1.807, 2.05) is 12.3 Å². The highest BCUT2D eigenvalue weighted by Gasteiger charge is 2.23. The number of benzene rings is 1.